The fraction of sp³-hybridized carbons (Fsp3) is 0.133. The summed E-state index contributed by atoms with van der Waals surface area (Å²) in [5.41, 5.74) is 3.73. The molecule has 0 aliphatic rings. The molecule has 2 N–H and O–H groups in total. The third-order valence-corrected chi connectivity index (χ3v) is 5.89. The van der Waals surface area contributed by atoms with Crippen molar-refractivity contribution in [2.24, 2.45) is 0 Å². The molecule has 0 saturated heterocycles. The Hall–Kier alpha value is -4.32. The van der Waals surface area contributed by atoms with Gasteiger partial charge in [-0.05, 0) is 48.2 Å². The van der Waals surface area contributed by atoms with Crippen LogP contribution in [0.3, 0.4) is 0 Å². The molecule has 0 radical (unpaired) electrons. The first-order chi connectivity index (χ1) is 17.2. The quantitative estimate of drug-likeness (QED) is 0.297. The minimum atomic E-state index is -1.03. The Labute approximate surface area is 208 Å². The van der Waals surface area contributed by atoms with Crippen LogP contribution in [-0.2, 0) is 9.59 Å². The maximum atomic E-state index is 13.9. The maximum absolute atomic E-state index is 13.9. The number of halogens is 2. The topological polar surface area (TPSA) is 74.6 Å². The van der Waals surface area contributed by atoms with Gasteiger partial charge in [-0.25, -0.2) is 8.78 Å². The van der Waals surface area contributed by atoms with E-state index in [4.69, 9.17) is 10.2 Å². The molecule has 0 saturated carbocycles. The molecule has 4 aromatic rings. The van der Waals surface area contributed by atoms with Crippen LogP contribution in [0.4, 0.5) is 8.78 Å². The van der Waals surface area contributed by atoms with E-state index in [9.17, 15) is 18.4 Å². The highest BCUT2D eigenvalue weighted by molar-refractivity contribution is 5.77. The third-order valence-electron chi connectivity index (χ3n) is 5.89. The average molecular weight is 489 g/mol. The number of benzene rings is 4. The van der Waals surface area contributed by atoms with Crippen LogP contribution in [-0.4, -0.2) is 22.2 Å². The van der Waals surface area contributed by atoms with Crippen LogP contribution >= 0.6 is 0 Å². The van der Waals surface area contributed by atoms with Gasteiger partial charge in [0.15, 0.2) is 0 Å². The molecule has 2 atom stereocenters. The third kappa shape index (κ3) is 6.42. The summed E-state index contributed by atoms with van der Waals surface area (Å²) in [4.78, 5) is 21.7. The molecule has 0 spiro atoms. The average Bonchev–Trinajstić information content (AvgIpc) is 2.89. The van der Waals surface area contributed by atoms with Crippen molar-refractivity contribution in [1.82, 2.24) is 0 Å². The fourth-order valence-corrected chi connectivity index (χ4v) is 3.64. The molecule has 4 nitrogen and oxygen atoms in total. The van der Waals surface area contributed by atoms with Gasteiger partial charge in [-0.1, -0.05) is 84.9 Å². The molecule has 0 aromatic heterocycles. The number of carboxylic acids is 2. The van der Waals surface area contributed by atoms with Gasteiger partial charge in [0.1, 0.15) is 11.6 Å². The summed E-state index contributed by atoms with van der Waals surface area (Å²) in [6, 6.07) is 28.1. The van der Waals surface area contributed by atoms with Crippen molar-refractivity contribution in [3.8, 4) is 22.3 Å². The van der Waals surface area contributed by atoms with Crippen LogP contribution in [0.2, 0.25) is 0 Å². The molecule has 0 bridgehead atoms. The van der Waals surface area contributed by atoms with Crippen molar-refractivity contribution in [2.75, 3.05) is 0 Å². The Balaban J connectivity index is 0.000000201. The standard InChI is InChI=1S/2C15H13FO2/c2*1-10(15(17)18)13-8-7-12(9-14(13)16)11-5-3-2-4-6-11/h2*2-10H,1H3,(H,17,18). The van der Waals surface area contributed by atoms with Crippen LogP contribution < -0.4 is 0 Å². The van der Waals surface area contributed by atoms with E-state index in [-0.39, 0.29) is 11.1 Å². The number of rotatable bonds is 6. The second-order valence-electron chi connectivity index (χ2n) is 8.32. The lowest BCUT2D eigenvalue weighted by Gasteiger charge is -2.09. The highest BCUT2D eigenvalue weighted by atomic mass is 19.1. The lowest BCUT2D eigenvalue weighted by Crippen LogP contribution is -2.09. The smallest absolute Gasteiger partial charge is 0.310 e. The van der Waals surface area contributed by atoms with Crippen molar-refractivity contribution in [3.05, 3.63) is 120 Å². The van der Waals surface area contributed by atoms with Crippen LogP contribution in [0, 0.1) is 11.6 Å². The first-order valence-electron chi connectivity index (χ1n) is 11.3. The summed E-state index contributed by atoms with van der Waals surface area (Å²) >= 11 is 0. The van der Waals surface area contributed by atoms with E-state index >= 15 is 0 Å². The van der Waals surface area contributed by atoms with Crippen molar-refractivity contribution in [1.29, 1.82) is 0 Å². The largest absolute Gasteiger partial charge is 0.481 e. The van der Waals surface area contributed by atoms with Gasteiger partial charge in [0.05, 0.1) is 11.8 Å². The number of carboxylic acid groups (broad SMARTS) is 2. The zero-order valence-corrected chi connectivity index (χ0v) is 19.9. The Kier molecular flexibility index (Phi) is 8.68. The molecule has 2 unspecified atom stereocenters. The Morgan fingerprint density at radius 1 is 0.556 bits per heavy atom. The summed E-state index contributed by atoms with van der Waals surface area (Å²) < 4.78 is 27.8. The van der Waals surface area contributed by atoms with Crippen molar-refractivity contribution in [3.63, 3.8) is 0 Å². The summed E-state index contributed by atoms with van der Waals surface area (Å²) in [6.07, 6.45) is 0. The van der Waals surface area contributed by atoms with Gasteiger partial charge in [-0.2, -0.15) is 0 Å². The lowest BCUT2D eigenvalue weighted by molar-refractivity contribution is -0.139. The van der Waals surface area contributed by atoms with E-state index in [1.54, 1.807) is 12.1 Å². The predicted octanol–water partition coefficient (Wildman–Crippen LogP) is 7.36. The zero-order valence-electron chi connectivity index (χ0n) is 19.9. The van der Waals surface area contributed by atoms with Crippen molar-refractivity contribution >= 4 is 11.9 Å². The maximum Gasteiger partial charge on any atom is 0.310 e. The van der Waals surface area contributed by atoms with Gasteiger partial charge in [0, 0.05) is 11.1 Å². The summed E-state index contributed by atoms with van der Waals surface area (Å²) in [5, 5.41) is 17.8. The lowest BCUT2D eigenvalue weighted by atomic mass is 9.97. The molecule has 36 heavy (non-hydrogen) atoms. The van der Waals surface area contributed by atoms with E-state index in [2.05, 4.69) is 0 Å². The molecule has 0 aliphatic heterocycles. The molecule has 0 heterocycles. The van der Waals surface area contributed by atoms with E-state index in [1.807, 2.05) is 60.7 Å². The molecular weight excluding hydrogens is 462 g/mol. The van der Waals surface area contributed by atoms with Crippen LogP contribution in [0.1, 0.15) is 36.8 Å². The second-order valence-corrected chi connectivity index (χ2v) is 8.32. The highest BCUT2D eigenvalue weighted by Crippen LogP contribution is 2.27. The molecule has 6 heteroatoms. The monoisotopic (exact) mass is 488 g/mol. The second kappa shape index (κ2) is 11.9. The van der Waals surface area contributed by atoms with E-state index in [0.29, 0.717) is 0 Å². The Bertz CT molecular complexity index is 1230. The molecule has 4 aromatic carbocycles. The molecule has 4 rings (SSSR count). The first-order valence-corrected chi connectivity index (χ1v) is 11.3. The number of carbonyl (C=O) groups is 2. The molecule has 0 aliphatic carbocycles. The predicted molar refractivity (Wildman–Crippen MR) is 136 cm³/mol. The van der Waals surface area contributed by atoms with Gasteiger partial charge >= 0.3 is 11.9 Å². The normalized spacial score (nSPS) is 12.1. The van der Waals surface area contributed by atoms with Gasteiger partial charge < -0.3 is 10.2 Å². The van der Waals surface area contributed by atoms with E-state index in [1.165, 1.54) is 38.1 Å². The Morgan fingerprint density at radius 2 is 0.889 bits per heavy atom. The summed E-state index contributed by atoms with van der Waals surface area (Å²) in [6.45, 7) is 2.95. The van der Waals surface area contributed by atoms with Crippen molar-refractivity contribution in [2.45, 2.75) is 25.7 Å². The summed E-state index contributed by atoms with van der Waals surface area (Å²) in [5.74, 6) is -4.69. The number of hydrogen-bond acceptors (Lipinski definition) is 2. The van der Waals surface area contributed by atoms with Gasteiger partial charge in [0.25, 0.3) is 0 Å². The minimum absolute atomic E-state index is 0.210. The minimum Gasteiger partial charge on any atom is -0.481 e. The number of aliphatic carboxylic acids is 2. The van der Waals surface area contributed by atoms with Crippen LogP contribution in [0.25, 0.3) is 22.3 Å². The SMILES string of the molecule is CC(C(=O)O)c1ccc(-c2ccccc2)cc1F.CC(C(=O)O)c1ccc(-c2ccccc2)cc1F. The molecule has 0 fully saturated rings. The van der Waals surface area contributed by atoms with E-state index in [0.717, 1.165) is 22.3 Å². The molecular formula is C30H26F2O4. The van der Waals surface area contributed by atoms with Gasteiger partial charge in [-0.15, -0.1) is 0 Å². The van der Waals surface area contributed by atoms with Crippen LogP contribution in [0.15, 0.2) is 97.1 Å². The molecule has 0 amide bonds. The number of hydrogen-bond donors (Lipinski definition) is 2. The zero-order chi connectivity index (χ0) is 26.2. The Morgan fingerprint density at radius 3 is 1.17 bits per heavy atom. The van der Waals surface area contributed by atoms with Crippen molar-refractivity contribution < 1.29 is 28.6 Å². The van der Waals surface area contributed by atoms with Crippen LogP contribution in [0.5, 0.6) is 0 Å². The van der Waals surface area contributed by atoms with E-state index < -0.39 is 35.4 Å². The van der Waals surface area contributed by atoms with Gasteiger partial charge in [0.2, 0.25) is 0 Å². The summed E-state index contributed by atoms with van der Waals surface area (Å²) in [7, 11) is 0. The molecule has 184 valence electrons. The fourth-order valence-electron chi connectivity index (χ4n) is 3.64. The van der Waals surface area contributed by atoms with Gasteiger partial charge in [-0.3, -0.25) is 9.59 Å². The first kappa shape index (κ1) is 26.3. The highest BCUT2D eigenvalue weighted by Gasteiger charge is 2.19.